The van der Waals surface area contributed by atoms with Crippen LogP contribution in [0.1, 0.15) is 46.1 Å². The van der Waals surface area contributed by atoms with Gasteiger partial charge in [0.1, 0.15) is 5.75 Å². The van der Waals surface area contributed by atoms with E-state index in [9.17, 15) is 0 Å². The lowest BCUT2D eigenvalue weighted by Gasteiger charge is -2.25. The van der Waals surface area contributed by atoms with Gasteiger partial charge < -0.3 is 4.74 Å². The summed E-state index contributed by atoms with van der Waals surface area (Å²) in [5.74, 6) is 0.957. The molecule has 0 saturated heterocycles. The minimum absolute atomic E-state index is 0.172. The van der Waals surface area contributed by atoms with Crippen molar-refractivity contribution in [3.8, 4) is 5.75 Å². The number of ether oxygens (including phenoxy) is 1. The molecule has 1 aromatic rings. The van der Waals surface area contributed by atoms with Gasteiger partial charge >= 0.3 is 0 Å². The molecule has 0 bridgehead atoms. The average Bonchev–Trinajstić information content (AvgIpc) is 2.33. The van der Waals surface area contributed by atoms with Gasteiger partial charge in [-0.15, -0.1) is 11.6 Å². The Labute approximate surface area is 116 Å². The van der Waals surface area contributed by atoms with Crippen molar-refractivity contribution in [2.75, 3.05) is 6.61 Å². The zero-order chi connectivity index (χ0) is 13.6. The molecule has 1 unspecified atom stereocenters. The van der Waals surface area contributed by atoms with Gasteiger partial charge in [0.05, 0.1) is 6.61 Å². The monoisotopic (exact) mass is 268 g/mol. The molecular formula is C16H25ClO. The fourth-order valence-electron chi connectivity index (χ4n) is 1.70. The zero-order valence-corrected chi connectivity index (χ0v) is 12.8. The second kappa shape index (κ2) is 7.04. The Balaban J connectivity index is 2.44. The summed E-state index contributed by atoms with van der Waals surface area (Å²) < 4.78 is 5.56. The van der Waals surface area contributed by atoms with Gasteiger partial charge in [-0.1, -0.05) is 39.8 Å². The second-order valence-electron chi connectivity index (χ2n) is 5.86. The SMILES string of the molecule is CCCOc1ccc(CCC(Cl)C(C)(C)C)cc1. The number of benzene rings is 1. The predicted octanol–water partition coefficient (Wildman–Crippen LogP) is 5.06. The maximum Gasteiger partial charge on any atom is 0.119 e. The Morgan fingerprint density at radius 2 is 1.78 bits per heavy atom. The fourth-order valence-corrected chi connectivity index (χ4v) is 1.81. The highest BCUT2D eigenvalue weighted by atomic mass is 35.5. The molecule has 0 aromatic heterocycles. The van der Waals surface area contributed by atoms with Crippen LogP contribution in [-0.4, -0.2) is 12.0 Å². The molecule has 0 N–H and O–H groups in total. The van der Waals surface area contributed by atoms with Crippen LogP contribution in [0.5, 0.6) is 5.75 Å². The molecule has 1 atom stereocenters. The summed E-state index contributed by atoms with van der Waals surface area (Å²) in [5.41, 5.74) is 1.50. The van der Waals surface area contributed by atoms with Crippen molar-refractivity contribution in [3.63, 3.8) is 0 Å². The summed E-state index contributed by atoms with van der Waals surface area (Å²) in [7, 11) is 0. The number of rotatable bonds is 6. The first-order chi connectivity index (χ1) is 8.43. The van der Waals surface area contributed by atoms with Crippen molar-refractivity contribution in [1.29, 1.82) is 0 Å². The molecule has 1 nitrogen and oxygen atoms in total. The summed E-state index contributed by atoms with van der Waals surface area (Å²) in [4.78, 5) is 0. The molecule has 18 heavy (non-hydrogen) atoms. The van der Waals surface area contributed by atoms with Gasteiger partial charge in [-0.25, -0.2) is 0 Å². The van der Waals surface area contributed by atoms with Crippen molar-refractivity contribution < 1.29 is 4.74 Å². The normalized spacial score (nSPS) is 13.4. The van der Waals surface area contributed by atoms with E-state index in [-0.39, 0.29) is 10.8 Å². The van der Waals surface area contributed by atoms with Gasteiger partial charge in [0.2, 0.25) is 0 Å². The Bertz CT molecular complexity index is 337. The van der Waals surface area contributed by atoms with Crippen LogP contribution in [0.15, 0.2) is 24.3 Å². The van der Waals surface area contributed by atoms with Crippen molar-refractivity contribution in [2.45, 2.75) is 52.3 Å². The number of halogens is 1. The Kier molecular flexibility index (Phi) is 6.01. The summed E-state index contributed by atoms with van der Waals surface area (Å²) in [6, 6.07) is 8.37. The van der Waals surface area contributed by atoms with Gasteiger partial charge in [-0.05, 0) is 42.4 Å². The number of aryl methyl sites for hydroxylation is 1. The third-order valence-electron chi connectivity index (χ3n) is 3.02. The lowest BCUT2D eigenvalue weighted by molar-refractivity contribution is 0.317. The predicted molar refractivity (Wildman–Crippen MR) is 79.6 cm³/mol. The molecule has 1 aromatic carbocycles. The molecule has 0 amide bonds. The third-order valence-corrected chi connectivity index (χ3v) is 3.90. The zero-order valence-electron chi connectivity index (χ0n) is 12.0. The molecule has 0 heterocycles. The first kappa shape index (κ1) is 15.4. The van der Waals surface area contributed by atoms with Crippen LogP contribution in [0.2, 0.25) is 0 Å². The largest absolute Gasteiger partial charge is 0.494 e. The molecule has 1 rings (SSSR count). The molecule has 0 spiro atoms. The fraction of sp³-hybridized carbons (Fsp3) is 0.625. The smallest absolute Gasteiger partial charge is 0.119 e. The average molecular weight is 269 g/mol. The first-order valence-corrected chi connectivity index (χ1v) is 7.23. The maximum absolute atomic E-state index is 6.38. The first-order valence-electron chi connectivity index (χ1n) is 6.79. The summed E-state index contributed by atoms with van der Waals surface area (Å²) in [6.45, 7) is 9.46. The quantitative estimate of drug-likeness (QED) is 0.655. The lowest BCUT2D eigenvalue weighted by Crippen LogP contribution is -2.21. The highest BCUT2D eigenvalue weighted by Gasteiger charge is 2.21. The standard InChI is InChI=1S/C16H25ClO/c1-5-12-18-14-9-6-13(7-10-14)8-11-15(17)16(2,3)4/h6-7,9-10,15H,5,8,11-12H2,1-4H3. The Morgan fingerprint density at radius 3 is 2.28 bits per heavy atom. The molecule has 0 aliphatic heterocycles. The van der Waals surface area contributed by atoms with Crippen molar-refractivity contribution in [2.24, 2.45) is 5.41 Å². The highest BCUT2D eigenvalue weighted by molar-refractivity contribution is 6.21. The van der Waals surface area contributed by atoms with Gasteiger partial charge in [-0.2, -0.15) is 0 Å². The van der Waals surface area contributed by atoms with E-state index in [2.05, 4.69) is 39.8 Å². The summed E-state index contributed by atoms with van der Waals surface area (Å²) in [5, 5.41) is 0.216. The van der Waals surface area contributed by atoms with E-state index in [0.717, 1.165) is 31.6 Å². The third kappa shape index (κ3) is 5.30. The maximum atomic E-state index is 6.38. The Hall–Kier alpha value is -0.690. The summed E-state index contributed by atoms with van der Waals surface area (Å²) in [6.07, 6.45) is 3.08. The van der Waals surface area contributed by atoms with Gasteiger partial charge in [0, 0.05) is 5.38 Å². The van der Waals surface area contributed by atoms with Crippen LogP contribution in [0.4, 0.5) is 0 Å². The van der Waals surface area contributed by atoms with Crippen LogP contribution in [0.25, 0.3) is 0 Å². The van der Waals surface area contributed by atoms with Gasteiger partial charge in [-0.3, -0.25) is 0 Å². The van der Waals surface area contributed by atoms with Crippen LogP contribution in [-0.2, 0) is 6.42 Å². The lowest BCUT2D eigenvalue weighted by atomic mass is 9.88. The topological polar surface area (TPSA) is 9.23 Å². The molecule has 0 fully saturated rings. The van der Waals surface area contributed by atoms with E-state index >= 15 is 0 Å². The number of alkyl halides is 1. The van der Waals surface area contributed by atoms with Crippen LogP contribution >= 0.6 is 11.6 Å². The van der Waals surface area contributed by atoms with Crippen molar-refractivity contribution in [3.05, 3.63) is 29.8 Å². The van der Waals surface area contributed by atoms with Gasteiger partial charge in [0.15, 0.2) is 0 Å². The Morgan fingerprint density at radius 1 is 1.17 bits per heavy atom. The van der Waals surface area contributed by atoms with Crippen LogP contribution < -0.4 is 4.74 Å². The van der Waals surface area contributed by atoms with Crippen LogP contribution in [0, 0.1) is 5.41 Å². The molecule has 0 aliphatic rings. The highest BCUT2D eigenvalue weighted by Crippen LogP contribution is 2.28. The molecule has 0 radical (unpaired) electrons. The summed E-state index contributed by atoms with van der Waals surface area (Å²) >= 11 is 6.38. The van der Waals surface area contributed by atoms with Crippen molar-refractivity contribution >= 4 is 11.6 Å². The molecule has 0 saturated carbocycles. The number of hydrogen-bond donors (Lipinski definition) is 0. The minimum Gasteiger partial charge on any atom is -0.494 e. The molecule has 102 valence electrons. The van der Waals surface area contributed by atoms with E-state index < -0.39 is 0 Å². The second-order valence-corrected chi connectivity index (χ2v) is 6.39. The molecular weight excluding hydrogens is 244 g/mol. The van der Waals surface area contributed by atoms with E-state index in [1.54, 1.807) is 0 Å². The minimum atomic E-state index is 0.172. The van der Waals surface area contributed by atoms with E-state index in [1.165, 1.54) is 5.56 Å². The number of hydrogen-bond acceptors (Lipinski definition) is 1. The molecule has 2 heteroatoms. The van der Waals surface area contributed by atoms with Crippen LogP contribution in [0.3, 0.4) is 0 Å². The van der Waals surface area contributed by atoms with E-state index in [0.29, 0.717) is 0 Å². The van der Waals surface area contributed by atoms with Gasteiger partial charge in [0.25, 0.3) is 0 Å². The van der Waals surface area contributed by atoms with E-state index in [4.69, 9.17) is 16.3 Å². The molecule has 0 aliphatic carbocycles. The van der Waals surface area contributed by atoms with Crippen molar-refractivity contribution in [1.82, 2.24) is 0 Å². The van der Waals surface area contributed by atoms with E-state index in [1.807, 2.05) is 12.1 Å².